The molecule has 0 spiro atoms. The molecule has 0 amide bonds. The van der Waals surface area contributed by atoms with E-state index in [9.17, 15) is 0 Å². The van der Waals surface area contributed by atoms with Crippen molar-refractivity contribution < 1.29 is 9.52 Å². The van der Waals surface area contributed by atoms with Crippen LogP contribution in [0.3, 0.4) is 0 Å². The summed E-state index contributed by atoms with van der Waals surface area (Å²) < 4.78 is 7.78. The number of aryl methyl sites for hydroxylation is 1. The number of hydrogen-bond acceptors (Lipinski definition) is 3. The first-order chi connectivity index (χ1) is 9.81. The molecule has 0 saturated carbocycles. The lowest BCUT2D eigenvalue weighted by Crippen LogP contribution is -2.04. The number of imidazole rings is 1. The van der Waals surface area contributed by atoms with Crippen molar-refractivity contribution in [3.8, 4) is 0 Å². The van der Waals surface area contributed by atoms with Crippen LogP contribution in [-0.2, 0) is 19.6 Å². The van der Waals surface area contributed by atoms with E-state index in [1.165, 1.54) is 0 Å². The molecule has 0 fully saturated rings. The number of nitrogens with zero attached hydrogens (tertiary/aromatic N) is 2. The van der Waals surface area contributed by atoms with Crippen LogP contribution in [-0.4, -0.2) is 14.7 Å². The number of aliphatic hydroxyl groups is 1. The highest BCUT2D eigenvalue weighted by molar-refractivity contribution is 5.76. The third-order valence-electron chi connectivity index (χ3n) is 3.39. The summed E-state index contributed by atoms with van der Waals surface area (Å²) in [6.07, 6.45) is 2.01. The van der Waals surface area contributed by atoms with Gasteiger partial charge in [-0.3, -0.25) is 0 Å². The third-order valence-corrected chi connectivity index (χ3v) is 3.39. The maximum atomic E-state index is 9.07. The van der Waals surface area contributed by atoms with Crippen LogP contribution in [0.5, 0.6) is 0 Å². The van der Waals surface area contributed by atoms with Gasteiger partial charge in [0.25, 0.3) is 0 Å². The zero-order valence-corrected chi connectivity index (χ0v) is 11.5. The largest absolute Gasteiger partial charge is 0.462 e. The van der Waals surface area contributed by atoms with E-state index in [-0.39, 0.29) is 6.61 Å². The second-order valence-electron chi connectivity index (χ2n) is 4.88. The fourth-order valence-electron chi connectivity index (χ4n) is 2.46. The fourth-order valence-corrected chi connectivity index (χ4v) is 2.46. The van der Waals surface area contributed by atoms with Gasteiger partial charge in [0.15, 0.2) is 0 Å². The molecule has 1 N–H and O–H groups in total. The van der Waals surface area contributed by atoms with Crippen molar-refractivity contribution in [2.45, 2.75) is 32.9 Å². The number of aliphatic hydroxyl groups excluding tert-OH is 1. The second kappa shape index (κ2) is 5.51. The smallest absolute Gasteiger partial charge is 0.129 e. The van der Waals surface area contributed by atoms with E-state index in [0.717, 1.165) is 35.5 Å². The lowest BCUT2D eigenvalue weighted by molar-refractivity contribution is 0.243. The highest BCUT2D eigenvalue weighted by Crippen LogP contribution is 2.20. The van der Waals surface area contributed by atoms with E-state index in [4.69, 9.17) is 14.5 Å². The minimum absolute atomic E-state index is 0.0630. The number of benzene rings is 1. The maximum absolute atomic E-state index is 9.07. The van der Waals surface area contributed by atoms with Crippen LogP contribution < -0.4 is 0 Å². The SMILES string of the molecule is CCCc1nc2ccccc2n1Cc1ccc(CO)o1. The van der Waals surface area contributed by atoms with Crippen molar-refractivity contribution in [3.05, 3.63) is 53.7 Å². The van der Waals surface area contributed by atoms with Crippen molar-refractivity contribution in [1.29, 1.82) is 0 Å². The van der Waals surface area contributed by atoms with Crippen LogP contribution in [0.1, 0.15) is 30.7 Å². The van der Waals surface area contributed by atoms with E-state index in [1.54, 1.807) is 0 Å². The van der Waals surface area contributed by atoms with Crippen molar-refractivity contribution >= 4 is 11.0 Å². The van der Waals surface area contributed by atoms with Gasteiger partial charge in [0.05, 0.1) is 17.6 Å². The van der Waals surface area contributed by atoms with Gasteiger partial charge in [0, 0.05) is 6.42 Å². The van der Waals surface area contributed by atoms with Gasteiger partial charge >= 0.3 is 0 Å². The molecule has 2 heterocycles. The summed E-state index contributed by atoms with van der Waals surface area (Å²) in [5.74, 6) is 2.52. The Morgan fingerprint density at radius 3 is 2.70 bits per heavy atom. The predicted octanol–water partition coefficient (Wildman–Crippen LogP) is 3.12. The molecule has 0 atom stereocenters. The molecule has 104 valence electrons. The normalized spacial score (nSPS) is 11.3. The average Bonchev–Trinajstić information content (AvgIpc) is 3.05. The molecule has 0 radical (unpaired) electrons. The topological polar surface area (TPSA) is 51.2 Å². The van der Waals surface area contributed by atoms with Crippen LogP contribution in [0.2, 0.25) is 0 Å². The highest BCUT2D eigenvalue weighted by atomic mass is 16.4. The Bertz CT molecular complexity index is 712. The number of hydrogen-bond donors (Lipinski definition) is 1. The van der Waals surface area contributed by atoms with Gasteiger partial charge in [-0.25, -0.2) is 4.98 Å². The molecule has 4 heteroatoms. The Hall–Kier alpha value is -2.07. The number of aromatic nitrogens is 2. The molecule has 0 aliphatic carbocycles. The van der Waals surface area contributed by atoms with Crippen molar-refractivity contribution in [3.63, 3.8) is 0 Å². The summed E-state index contributed by atoms with van der Waals surface area (Å²) in [5.41, 5.74) is 2.14. The van der Waals surface area contributed by atoms with Gasteiger partial charge in [0.1, 0.15) is 24.0 Å². The van der Waals surface area contributed by atoms with E-state index in [1.807, 2.05) is 30.3 Å². The summed E-state index contributed by atoms with van der Waals surface area (Å²) in [7, 11) is 0. The Balaban J connectivity index is 2.01. The molecule has 1 aromatic carbocycles. The van der Waals surface area contributed by atoms with Crippen LogP contribution in [0.15, 0.2) is 40.8 Å². The molecule has 3 aromatic rings. The molecule has 0 saturated heterocycles. The Morgan fingerprint density at radius 2 is 1.95 bits per heavy atom. The molecule has 0 unspecified atom stereocenters. The van der Waals surface area contributed by atoms with Gasteiger partial charge in [-0.1, -0.05) is 19.1 Å². The number of para-hydroxylation sites is 2. The molecule has 0 bridgehead atoms. The lowest BCUT2D eigenvalue weighted by atomic mass is 10.3. The summed E-state index contributed by atoms with van der Waals surface area (Å²) in [6.45, 7) is 2.74. The molecule has 20 heavy (non-hydrogen) atoms. The first-order valence-corrected chi connectivity index (χ1v) is 6.94. The molecular weight excluding hydrogens is 252 g/mol. The monoisotopic (exact) mass is 270 g/mol. The number of furan rings is 1. The quantitative estimate of drug-likeness (QED) is 0.775. The Labute approximate surface area is 117 Å². The average molecular weight is 270 g/mol. The van der Waals surface area contributed by atoms with Gasteiger partial charge in [-0.2, -0.15) is 0 Å². The van der Waals surface area contributed by atoms with Crippen LogP contribution >= 0.6 is 0 Å². The highest BCUT2D eigenvalue weighted by Gasteiger charge is 2.11. The van der Waals surface area contributed by atoms with Crippen molar-refractivity contribution in [1.82, 2.24) is 9.55 Å². The fraction of sp³-hybridized carbons (Fsp3) is 0.312. The van der Waals surface area contributed by atoms with Crippen LogP contribution in [0.25, 0.3) is 11.0 Å². The summed E-state index contributed by atoms with van der Waals surface area (Å²) >= 11 is 0. The molecule has 2 aromatic heterocycles. The zero-order chi connectivity index (χ0) is 13.9. The second-order valence-corrected chi connectivity index (χ2v) is 4.88. The van der Waals surface area contributed by atoms with Crippen LogP contribution in [0, 0.1) is 0 Å². The predicted molar refractivity (Wildman–Crippen MR) is 77.5 cm³/mol. The molecular formula is C16H18N2O2. The van der Waals surface area contributed by atoms with Crippen LogP contribution in [0.4, 0.5) is 0 Å². The standard InChI is InChI=1S/C16H18N2O2/c1-2-5-16-17-14-6-3-4-7-15(14)18(16)10-12-8-9-13(11-19)20-12/h3-4,6-9,19H,2,5,10-11H2,1H3. The summed E-state index contributed by atoms with van der Waals surface area (Å²) in [5, 5.41) is 9.07. The van der Waals surface area contributed by atoms with Crippen molar-refractivity contribution in [2.75, 3.05) is 0 Å². The third kappa shape index (κ3) is 2.34. The van der Waals surface area contributed by atoms with Gasteiger partial charge in [-0.05, 0) is 30.7 Å². The van der Waals surface area contributed by atoms with E-state index in [0.29, 0.717) is 12.3 Å². The molecule has 4 nitrogen and oxygen atoms in total. The Morgan fingerprint density at radius 1 is 1.15 bits per heavy atom. The van der Waals surface area contributed by atoms with Gasteiger partial charge < -0.3 is 14.1 Å². The van der Waals surface area contributed by atoms with Crippen molar-refractivity contribution in [2.24, 2.45) is 0 Å². The molecule has 0 aliphatic heterocycles. The zero-order valence-electron chi connectivity index (χ0n) is 11.5. The van der Waals surface area contributed by atoms with E-state index >= 15 is 0 Å². The van der Waals surface area contributed by atoms with E-state index in [2.05, 4.69) is 17.6 Å². The first-order valence-electron chi connectivity index (χ1n) is 6.94. The Kier molecular flexibility index (Phi) is 3.56. The minimum Gasteiger partial charge on any atom is -0.462 e. The number of rotatable bonds is 5. The molecule has 0 aliphatic rings. The summed E-state index contributed by atoms with van der Waals surface area (Å²) in [4.78, 5) is 4.70. The molecule has 3 rings (SSSR count). The first kappa shape index (κ1) is 12.9. The van der Waals surface area contributed by atoms with Gasteiger partial charge in [-0.15, -0.1) is 0 Å². The minimum atomic E-state index is -0.0630. The van der Waals surface area contributed by atoms with Gasteiger partial charge in [0.2, 0.25) is 0 Å². The maximum Gasteiger partial charge on any atom is 0.129 e. The van der Waals surface area contributed by atoms with E-state index < -0.39 is 0 Å². The lowest BCUT2D eigenvalue weighted by Gasteiger charge is -2.06. The number of fused-ring (bicyclic) bond motifs is 1. The summed E-state index contributed by atoms with van der Waals surface area (Å²) in [6, 6.07) is 11.9.